The van der Waals surface area contributed by atoms with Gasteiger partial charge in [0.15, 0.2) is 0 Å². The number of halogens is 2. The van der Waals surface area contributed by atoms with Crippen LogP contribution in [0.4, 0.5) is 8.78 Å². The van der Waals surface area contributed by atoms with Crippen molar-refractivity contribution in [3.05, 3.63) is 35.4 Å². The van der Waals surface area contributed by atoms with Crippen molar-refractivity contribution in [3.63, 3.8) is 0 Å². The number of nitrogens with one attached hydrogen (secondary N) is 1. The molecular weight excluding hydrogens is 276 g/mol. The molecule has 5 atom stereocenters. The number of ether oxygens (including phenoxy) is 1. The van der Waals surface area contributed by atoms with Gasteiger partial charge in [0.1, 0.15) is 11.6 Å². The second-order valence-electron chi connectivity index (χ2n) is 6.67. The molecule has 114 valence electrons. The van der Waals surface area contributed by atoms with Gasteiger partial charge in [0.25, 0.3) is 0 Å². The van der Waals surface area contributed by atoms with Crippen LogP contribution in [0.1, 0.15) is 25.3 Å². The normalized spacial score (nSPS) is 41.9. The molecule has 0 bridgehead atoms. The minimum absolute atomic E-state index is 0.156. The van der Waals surface area contributed by atoms with E-state index in [1.807, 2.05) is 0 Å². The molecule has 0 aromatic heterocycles. The molecule has 5 unspecified atom stereocenters. The van der Waals surface area contributed by atoms with E-state index >= 15 is 0 Å². The molecule has 1 aromatic rings. The lowest BCUT2D eigenvalue weighted by Gasteiger charge is -2.41. The first-order valence-corrected chi connectivity index (χ1v) is 7.56. The van der Waals surface area contributed by atoms with E-state index in [0.717, 1.165) is 18.4 Å². The van der Waals surface area contributed by atoms with Crippen LogP contribution in [0.3, 0.4) is 0 Å². The van der Waals surface area contributed by atoms with Crippen molar-refractivity contribution in [2.75, 3.05) is 13.2 Å². The summed E-state index contributed by atoms with van der Waals surface area (Å²) in [5.74, 6) is 0.398. The lowest BCUT2D eigenvalue weighted by molar-refractivity contribution is -0.0789. The smallest absolute Gasteiger partial charge is 0.131 e. The zero-order chi connectivity index (χ0) is 14.6. The van der Waals surface area contributed by atoms with E-state index < -0.39 is 17.2 Å². The summed E-state index contributed by atoms with van der Waals surface area (Å²) < 4.78 is 33.4. The van der Waals surface area contributed by atoms with Crippen LogP contribution in [-0.2, 0) is 15.1 Å². The standard InChI is InChI=1S/C16H19F2NO2/c1-9-4-12(9)15-5-10-7-21-19-16(10,8-20-15)13-3-2-11(17)6-14(13)18/h2-3,6,9-10,12,15,19H,4-5,7-8H2,1H3. The average Bonchev–Trinajstić information content (AvgIpc) is 3.02. The fourth-order valence-corrected chi connectivity index (χ4v) is 3.87. The van der Waals surface area contributed by atoms with Crippen molar-refractivity contribution < 1.29 is 18.4 Å². The molecule has 1 N–H and O–H groups in total. The predicted octanol–water partition coefficient (Wildman–Crippen LogP) is 2.76. The van der Waals surface area contributed by atoms with Crippen molar-refractivity contribution in [2.24, 2.45) is 17.8 Å². The Morgan fingerprint density at radius 2 is 2.10 bits per heavy atom. The second kappa shape index (κ2) is 4.73. The first kappa shape index (κ1) is 13.6. The minimum atomic E-state index is -0.688. The Bertz CT molecular complexity index is 567. The van der Waals surface area contributed by atoms with E-state index in [9.17, 15) is 8.78 Å². The fourth-order valence-electron chi connectivity index (χ4n) is 3.87. The van der Waals surface area contributed by atoms with Gasteiger partial charge in [-0.3, -0.25) is 0 Å². The van der Waals surface area contributed by atoms with Gasteiger partial charge in [-0.1, -0.05) is 13.0 Å². The molecular formula is C16H19F2NO2. The van der Waals surface area contributed by atoms with Gasteiger partial charge in [0.2, 0.25) is 0 Å². The zero-order valence-electron chi connectivity index (χ0n) is 11.9. The third kappa shape index (κ3) is 2.10. The summed E-state index contributed by atoms with van der Waals surface area (Å²) in [6.45, 7) is 3.14. The monoisotopic (exact) mass is 295 g/mol. The highest BCUT2D eigenvalue weighted by Gasteiger charge is 2.54. The Kier molecular flexibility index (Phi) is 3.07. The minimum Gasteiger partial charge on any atom is -0.376 e. The molecule has 0 radical (unpaired) electrons. The van der Waals surface area contributed by atoms with E-state index in [2.05, 4.69) is 12.4 Å². The van der Waals surface area contributed by atoms with Crippen molar-refractivity contribution in [1.82, 2.24) is 5.48 Å². The quantitative estimate of drug-likeness (QED) is 0.910. The molecule has 3 fully saturated rings. The predicted molar refractivity (Wildman–Crippen MR) is 72.2 cm³/mol. The van der Waals surface area contributed by atoms with Crippen molar-refractivity contribution in [3.8, 4) is 0 Å². The number of fused-ring (bicyclic) bond motifs is 1. The largest absolute Gasteiger partial charge is 0.376 e. The molecule has 3 aliphatic rings. The summed E-state index contributed by atoms with van der Waals surface area (Å²) in [4.78, 5) is 5.42. The van der Waals surface area contributed by atoms with Crippen LogP contribution in [0.5, 0.6) is 0 Å². The maximum atomic E-state index is 14.2. The molecule has 0 amide bonds. The van der Waals surface area contributed by atoms with Crippen LogP contribution in [0.15, 0.2) is 18.2 Å². The number of hydrogen-bond donors (Lipinski definition) is 1. The molecule has 21 heavy (non-hydrogen) atoms. The molecule has 0 spiro atoms. The summed E-state index contributed by atoms with van der Waals surface area (Å²) in [5, 5.41) is 0. The van der Waals surface area contributed by atoms with Crippen molar-refractivity contribution in [2.45, 2.75) is 31.4 Å². The molecule has 5 heteroatoms. The van der Waals surface area contributed by atoms with E-state index in [0.29, 0.717) is 24.7 Å². The van der Waals surface area contributed by atoms with Gasteiger partial charge in [0.05, 0.1) is 24.9 Å². The van der Waals surface area contributed by atoms with Crippen LogP contribution in [0, 0.1) is 29.4 Å². The van der Waals surface area contributed by atoms with Gasteiger partial charge in [-0.05, 0) is 30.7 Å². The average molecular weight is 295 g/mol. The second-order valence-corrected chi connectivity index (χ2v) is 6.67. The molecule has 3 nitrogen and oxygen atoms in total. The highest BCUT2D eigenvalue weighted by atomic mass is 19.1. The number of hydrogen-bond acceptors (Lipinski definition) is 3. The maximum absolute atomic E-state index is 14.2. The molecule has 1 saturated carbocycles. The molecule has 2 saturated heterocycles. The number of benzene rings is 1. The lowest BCUT2D eigenvalue weighted by Crippen LogP contribution is -2.52. The van der Waals surface area contributed by atoms with Crippen LogP contribution in [0.2, 0.25) is 0 Å². The van der Waals surface area contributed by atoms with Crippen LogP contribution >= 0.6 is 0 Å². The first-order valence-electron chi connectivity index (χ1n) is 7.56. The van der Waals surface area contributed by atoms with Crippen molar-refractivity contribution >= 4 is 0 Å². The van der Waals surface area contributed by atoms with Gasteiger partial charge in [0, 0.05) is 17.5 Å². The van der Waals surface area contributed by atoms with Crippen LogP contribution in [0.25, 0.3) is 0 Å². The molecule has 1 aromatic carbocycles. The summed E-state index contributed by atoms with van der Waals surface area (Å²) >= 11 is 0. The SMILES string of the molecule is CC1CC1C1CC2CONC2(c2ccc(F)cc2F)CO1. The van der Waals surface area contributed by atoms with Gasteiger partial charge in [-0.15, -0.1) is 0 Å². The van der Waals surface area contributed by atoms with Gasteiger partial charge >= 0.3 is 0 Å². The highest BCUT2D eigenvalue weighted by Crippen LogP contribution is 2.50. The highest BCUT2D eigenvalue weighted by molar-refractivity contribution is 5.29. The molecule has 2 heterocycles. The Balaban J connectivity index is 1.63. The van der Waals surface area contributed by atoms with Gasteiger partial charge < -0.3 is 9.57 Å². The third-order valence-electron chi connectivity index (χ3n) is 5.34. The Morgan fingerprint density at radius 3 is 2.81 bits per heavy atom. The summed E-state index contributed by atoms with van der Waals surface area (Å²) in [6, 6.07) is 3.72. The van der Waals surface area contributed by atoms with Gasteiger partial charge in [-0.25, -0.2) is 8.78 Å². The van der Waals surface area contributed by atoms with E-state index in [4.69, 9.17) is 9.57 Å². The number of hydroxylamine groups is 1. The van der Waals surface area contributed by atoms with E-state index in [1.165, 1.54) is 18.6 Å². The third-order valence-corrected chi connectivity index (χ3v) is 5.34. The molecule has 4 rings (SSSR count). The summed E-state index contributed by atoms with van der Waals surface area (Å²) in [5.41, 5.74) is 2.70. The molecule has 2 aliphatic heterocycles. The Labute approximate surface area is 122 Å². The van der Waals surface area contributed by atoms with E-state index in [-0.39, 0.29) is 12.0 Å². The zero-order valence-corrected chi connectivity index (χ0v) is 11.9. The topological polar surface area (TPSA) is 30.5 Å². The summed E-state index contributed by atoms with van der Waals surface area (Å²) in [7, 11) is 0. The lowest BCUT2D eigenvalue weighted by atomic mass is 9.75. The number of rotatable bonds is 2. The van der Waals surface area contributed by atoms with E-state index in [1.54, 1.807) is 0 Å². The Hall–Kier alpha value is -1.04. The van der Waals surface area contributed by atoms with Crippen LogP contribution in [-0.4, -0.2) is 19.3 Å². The maximum Gasteiger partial charge on any atom is 0.131 e. The molecule has 1 aliphatic carbocycles. The van der Waals surface area contributed by atoms with Crippen LogP contribution < -0.4 is 5.48 Å². The first-order chi connectivity index (χ1) is 10.1. The van der Waals surface area contributed by atoms with Crippen molar-refractivity contribution in [1.29, 1.82) is 0 Å². The fraction of sp³-hybridized carbons (Fsp3) is 0.625. The Morgan fingerprint density at radius 1 is 1.29 bits per heavy atom. The summed E-state index contributed by atoms with van der Waals surface area (Å²) in [6.07, 6.45) is 2.31. The van der Waals surface area contributed by atoms with Gasteiger partial charge in [-0.2, -0.15) is 5.48 Å².